The summed E-state index contributed by atoms with van der Waals surface area (Å²) in [5.41, 5.74) is 0. The first-order valence-electron chi connectivity index (χ1n) is 8.72. The highest BCUT2D eigenvalue weighted by Crippen LogP contribution is 2.08. The number of unbranched alkanes of at least 4 members (excludes halogenated alkanes) is 7. The summed E-state index contributed by atoms with van der Waals surface area (Å²) in [4.78, 5) is 24.7. The molecule has 0 saturated carbocycles. The smallest absolute Gasteiger partial charge is 0.325 e. The van der Waals surface area contributed by atoms with Gasteiger partial charge in [-0.2, -0.15) is 0 Å². The molecule has 1 amide bonds. The van der Waals surface area contributed by atoms with E-state index < -0.39 is 0 Å². The molecule has 0 unspecified atom stereocenters. The van der Waals surface area contributed by atoms with E-state index in [4.69, 9.17) is 4.74 Å². The zero-order valence-corrected chi connectivity index (χ0v) is 14.4. The maximum absolute atomic E-state index is 11.7. The largest absolute Gasteiger partial charge is 0.464 e. The predicted octanol–water partition coefficient (Wildman–Crippen LogP) is 4.09. The van der Waals surface area contributed by atoms with Gasteiger partial charge in [0.15, 0.2) is 0 Å². The van der Waals surface area contributed by atoms with E-state index in [0.717, 1.165) is 19.3 Å². The molecule has 0 spiro atoms. The molecule has 0 fully saturated rings. The van der Waals surface area contributed by atoms with Crippen molar-refractivity contribution in [1.29, 1.82) is 0 Å². The van der Waals surface area contributed by atoms with Gasteiger partial charge in [-0.05, 0) is 18.9 Å². The topological polar surface area (TPSA) is 46.6 Å². The summed E-state index contributed by atoms with van der Waals surface area (Å²) >= 11 is 0. The van der Waals surface area contributed by atoms with Crippen LogP contribution in [0.2, 0.25) is 0 Å². The van der Waals surface area contributed by atoms with Crippen LogP contribution in [0.4, 0.5) is 0 Å². The minimum atomic E-state index is -0.327. The van der Waals surface area contributed by atoms with Crippen LogP contribution in [0.3, 0.4) is 0 Å². The Balaban J connectivity index is 3.63. The molecule has 0 atom stereocenters. The molecule has 0 heterocycles. The van der Waals surface area contributed by atoms with Crippen LogP contribution in [0, 0.1) is 0 Å². The number of nitrogens with zero attached hydrogens (tertiary/aromatic N) is 1. The van der Waals surface area contributed by atoms with Gasteiger partial charge in [0.2, 0.25) is 5.91 Å². The average molecular weight is 311 g/mol. The molecular weight excluding hydrogens is 278 g/mol. The minimum Gasteiger partial charge on any atom is -0.464 e. The van der Waals surface area contributed by atoms with Crippen LogP contribution in [0.1, 0.15) is 71.6 Å². The third-order valence-corrected chi connectivity index (χ3v) is 3.56. The molecule has 4 heteroatoms. The van der Waals surface area contributed by atoms with Crippen molar-refractivity contribution in [2.75, 3.05) is 19.7 Å². The number of hydrogen-bond acceptors (Lipinski definition) is 3. The second kappa shape index (κ2) is 14.6. The average Bonchev–Trinajstić information content (AvgIpc) is 2.52. The Labute approximate surface area is 135 Å². The van der Waals surface area contributed by atoms with Gasteiger partial charge in [-0.25, -0.2) is 0 Å². The molecule has 0 aromatic carbocycles. The normalized spacial score (nSPS) is 10.3. The fourth-order valence-electron chi connectivity index (χ4n) is 2.29. The summed E-state index contributed by atoms with van der Waals surface area (Å²) in [7, 11) is 0. The van der Waals surface area contributed by atoms with Crippen LogP contribution in [0.15, 0.2) is 12.7 Å². The van der Waals surface area contributed by atoms with Gasteiger partial charge in [0.1, 0.15) is 6.54 Å². The summed E-state index contributed by atoms with van der Waals surface area (Å²) < 4.78 is 5.19. The number of carbonyl (C=O) groups is 2. The van der Waals surface area contributed by atoms with Crippen molar-refractivity contribution in [2.45, 2.75) is 71.6 Å². The first-order chi connectivity index (χ1) is 10.7. The van der Waals surface area contributed by atoms with Crippen molar-refractivity contribution >= 4 is 11.9 Å². The third-order valence-electron chi connectivity index (χ3n) is 3.56. The van der Waals surface area contributed by atoms with E-state index in [9.17, 15) is 9.59 Å². The van der Waals surface area contributed by atoms with Gasteiger partial charge in [0.05, 0.1) is 6.61 Å². The fourth-order valence-corrected chi connectivity index (χ4v) is 2.29. The first-order valence-corrected chi connectivity index (χ1v) is 8.72. The van der Waals surface area contributed by atoms with E-state index in [1.807, 2.05) is 6.92 Å². The highest BCUT2D eigenvalue weighted by Gasteiger charge is 2.14. The fraction of sp³-hybridized carbons (Fsp3) is 0.778. The standard InChI is InChI=1S/C18H33NO3/c1-4-7-8-9-10-11-12-13-15-22-18(21)16-19(14-5-2)17(20)6-3/h6H,3-5,7-16H2,1-2H3. The maximum atomic E-state index is 11.7. The summed E-state index contributed by atoms with van der Waals surface area (Å²) in [6, 6.07) is 0. The second-order valence-corrected chi connectivity index (χ2v) is 5.66. The van der Waals surface area contributed by atoms with Gasteiger partial charge in [-0.3, -0.25) is 9.59 Å². The van der Waals surface area contributed by atoms with Crippen LogP contribution < -0.4 is 0 Å². The van der Waals surface area contributed by atoms with Crippen molar-refractivity contribution in [3.05, 3.63) is 12.7 Å². The lowest BCUT2D eigenvalue weighted by Crippen LogP contribution is -2.36. The van der Waals surface area contributed by atoms with Crippen molar-refractivity contribution < 1.29 is 14.3 Å². The van der Waals surface area contributed by atoms with Crippen molar-refractivity contribution in [1.82, 2.24) is 4.90 Å². The molecule has 0 aromatic heterocycles. The van der Waals surface area contributed by atoms with Crippen LogP contribution >= 0.6 is 0 Å². The Morgan fingerprint density at radius 2 is 1.55 bits per heavy atom. The van der Waals surface area contributed by atoms with E-state index in [1.54, 1.807) is 0 Å². The molecule has 0 N–H and O–H groups in total. The Kier molecular flexibility index (Phi) is 13.7. The van der Waals surface area contributed by atoms with Gasteiger partial charge in [-0.1, -0.05) is 65.4 Å². The van der Waals surface area contributed by atoms with E-state index in [1.165, 1.54) is 49.5 Å². The second-order valence-electron chi connectivity index (χ2n) is 5.66. The van der Waals surface area contributed by atoms with Crippen LogP contribution in [-0.4, -0.2) is 36.5 Å². The summed E-state index contributed by atoms with van der Waals surface area (Å²) in [6.45, 7) is 8.67. The van der Waals surface area contributed by atoms with E-state index in [-0.39, 0.29) is 18.4 Å². The molecule has 128 valence electrons. The lowest BCUT2D eigenvalue weighted by molar-refractivity contribution is -0.148. The van der Waals surface area contributed by atoms with Crippen LogP contribution in [-0.2, 0) is 14.3 Å². The molecule has 0 aromatic rings. The van der Waals surface area contributed by atoms with Crippen molar-refractivity contribution in [3.63, 3.8) is 0 Å². The van der Waals surface area contributed by atoms with Gasteiger partial charge in [0, 0.05) is 6.54 Å². The quantitative estimate of drug-likeness (QED) is 0.276. The molecule has 0 aliphatic carbocycles. The number of rotatable bonds is 14. The van der Waals surface area contributed by atoms with Gasteiger partial charge < -0.3 is 9.64 Å². The molecule has 4 nitrogen and oxygen atoms in total. The number of carbonyl (C=O) groups excluding carboxylic acids is 2. The zero-order chi connectivity index (χ0) is 16.6. The lowest BCUT2D eigenvalue weighted by Gasteiger charge is -2.19. The summed E-state index contributed by atoms with van der Waals surface area (Å²) in [5, 5.41) is 0. The molecule has 0 saturated heterocycles. The van der Waals surface area contributed by atoms with Gasteiger partial charge in [-0.15, -0.1) is 0 Å². The van der Waals surface area contributed by atoms with E-state index in [0.29, 0.717) is 13.2 Å². The third kappa shape index (κ3) is 11.4. The Morgan fingerprint density at radius 3 is 2.09 bits per heavy atom. The van der Waals surface area contributed by atoms with E-state index in [2.05, 4.69) is 13.5 Å². The molecular formula is C18H33NO3. The van der Waals surface area contributed by atoms with Crippen LogP contribution in [0.5, 0.6) is 0 Å². The molecule has 0 radical (unpaired) electrons. The zero-order valence-electron chi connectivity index (χ0n) is 14.4. The number of amides is 1. The molecule has 0 bridgehead atoms. The number of esters is 1. The SMILES string of the molecule is C=CC(=O)N(CCC)CC(=O)OCCCCCCCCCC. The van der Waals surface area contributed by atoms with E-state index >= 15 is 0 Å². The summed E-state index contributed by atoms with van der Waals surface area (Å²) in [6.07, 6.45) is 11.8. The van der Waals surface area contributed by atoms with Crippen LogP contribution in [0.25, 0.3) is 0 Å². The Bertz CT molecular complexity index is 315. The highest BCUT2D eigenvalue weighted by molar-refractivity contribution is 5.89. The molecule has 0 rings (SSSR count). The molecule has 0 aliphatic rings. The van der Waals surface area contributed by atoms with Crippen molar-refractivity contribution in [3.8, 4) is 0 Å². The van der Waals surface area contributed by atoms with Gasteiger partial charge >= 0.3 is 5.97 Å². The molecule has 22 heavy (non-hydrogen) atoms. The predicted molar refractivity (Wildman–Crippen MR) is 90.6 cm³/mol. The van der Waals surface area contributed by atoms with Crippen molar-refractivity contribution in [2.24, 2.45) is 0 Å². The number of hydrogen-bond donors (Lipinski definition) is 0. The Morgan fingerprint density at radius 1 is 0.955 bits per heavy atom. The lowest BCUT2D eigenvalue weighted by atomic mass is 10.1. The Hall–Kier alpha value is -1.32. The minimum absolute atomic E-state index is 0.0235. The monoisotopic (exact) mass is 311 g/mol. The maximum Gasteiger partial charge on any atom is 0.325 e. The highest BCUT2D eigenvalue weighted by atomic mass is 16.5. The summed E-state index contributed by atoms with van der Waals surface area (Å²) in [5.74, 6) is -0.544. The van der Waals surface area contributed by atoms with Gasteiger partial charge in [0.25, 0.3) is 0 Å². The number of ether oxygens (including phenoxy) is 1. The molecule has 0 aliphatic heterocycles. The first kappa shape index (κ1) is 20.7.